The SMILES string of the molecule is CCCS(=O)(=O)NC[C@@H](O)C[C@H](O)[C@H](CC1CCCCC1)NC(=O)[C@H](Cc1cnc[nH]1)NC(=O)[C@H](Cc1ccccc1)NC(=O)OC(C)(C)C. The Morgan fingerprint density at radius 1 is 0.980 bits per heavy atom. The van der Waals surface area contributed by atoms with Crippen molar-refractivity contribution < 1.29 is 37.8 Å². The van der Waals surface area contributed by atoms with Gasteiger partial charge in [-0.3, -0.25) is 9.59 Å². The monoisotopic (exact) mass is 720 g/mol. The number of carbonyl (C=O) groups is 3. The number of aliphatic hydroxyl groups excluding tert-OH is 2. The van der Waals surface area contributed by atoms with Gasteiger partial charge in [-0.15, -0.1) is 0 Å². The standard InChI is InChI=1S/C35H56N6O8S/c1-5-16-50(47,48)38-22-27(42)20-31(43)28(17-24-12-8-6-9-13-24)39-33(45)30(19-26-21-36-23-37-26)40-32(44)29(18-25-14-10-7-11-15-25)41-34(46)49-35(2,3)4/h7,10-11,14-15,21,23-24,27-31,38,42-43H,5-6,8-9,12-13,16-20,22H2,1-4H3,(H,36,37)(H,39,45)(H,40,44)(H,41,46)/t27-,28-,29-,30-,31-/m0/s1. The molecule has 1 fully saturated rings. The molecule has 2 aromatic rings. The number of hydrogen-bond donors (Lipinski definition) is 7. The number of hydrogen-bond acceptors (Lipinski definition) is 9. The predicted octanol–water partition coefficient (Wildman–Crippen LogP) is 2.47. The molecule has 50 heavy (non-hydrogen) atoms. The number of nitrogens with one attached hydrogen (secondary N) is 5. The van der Waals surface area contributed by atoms with Crippen LogP contribution in [-0.2, 0) is 37.2 Å². The molecule has 0 aliphatic heterocycles. The Morgan fingerprint density at radius 2 is 1.64 bits per heavy atom. The van der Waals surface area contributed by atoms with E-state index in [9.17, 15) is 33.0 Å². The number of carbonyl (C=O) groups excluding carboxylic acids is 3. The van der Waals surface area contributed by atoms with Crippen LogP contribution in [0.5, 0.6) is 0 Å². The molecule has 1 aliphatic carbocycles. The number of benzene rings is 1. The summed E-state index contributed by atoms with van der Waals surface area (Å²) >= 11 is 0. The van der Waals surface area contributed by atoms with Gasteiger partial charge in [0.15, 0.2) is 0 Å². The van der Waals surface area contributed by atoms with E-state index in [2.05, 4.69) is 30.6 Å². The lowest BCUT2D eigenvalue weighted by molar-refractivity contribution is -0.131. The summed E-state index contributed by atoms with van der Waals surface area (Å²) in [5.74, 6) is -1.02. The van der Waals surface area contributed by atoms with Gasteiger partial charge in [0.1, 0.15) is 17.7 Å². The molecule has 7 N–H and O–H groups in total. The van der Waals surface area contributed by atoms with E-state index >= 15 is 0 Å². The van der Waals surface area contributed by atoms with E-state index in [1.165, 1.54) is 12.5 Å². The van der Waals surface area contributed by atoms with Crippen LogP contribution in [-0.4, -0.2) is 94.7 Å². The largest absolute Gasteiger partial charge is 0.444 e. The third-order valence-electron chi connectivity index (χ3n) is 8.53. The number of nitrogens with zero attached hydrogens (tertiary/aromatic N) is 1. The van der Waals surface area contributed by atoms with Gasteiger partial charge in [-0.05, 0) is 45.1 Å². The average molecular weight is 721 g/mol. The number of aromatic amines is 1. The van der Waals surface area contributed by atoms with Crippen LogP contribution in [0.1, 0.15) is 90.3 Å². The van der Waals surface area contributed by atoms with Crippen molar-refractivity contribution in [1.29, 1.82) is 0 Å². The maximum Gasteiger partial charge on any atom is 0.408 e. The predicted molar refractivity (Wildman–Crippen MR) is 189 cm³/mol. The molecule has 1 aliphatic rings. The van der Waals surface area contributed by atoms with Gasteiger partial charge in [-0.2, -0.15) is 0 Å². The summed E-state index contributed by atoms with van der Waals surface area (Å²) in [6.07, 6.45) is 5.74. The highest BCUT2D eigenvalue weighted by molar-refractivity contribution is 7.89. The average Bonchev–Trinajstić information content (AvgIpc) is 3.56. The van der Waals surface area contributed by atoms with Crippen molar-refractivity contribution in [2.75, 3.05) is 12.3 Å². The first-order valence-corrected chi connectivity index (χ1v) is 19.2. The molecule has 1 heterocycles. The lowest BCUT2D eigenvalue weighted by atomic mass is 9.83. The van der Waals surface area contributed by atoms with Gasteiger partial charge in [-0.25, -0.2) is 22.9 Å². The van der Waals surface area contributed by atoms with E-state index in [0.717, 1.165) is 37.7 Å². The maximum atomic E-state index is 14.0. The summed E-state index contributed by atoms with van der Waals surface area (Å²) in [5.41, 5.74) is 0.552. The van der Waals surface area contributed by atoms with Crippen LogP contribution in [0.4, 0.5) is 4.79 Å². The zero-order chi connectivity index (χ0) is 36.7. The molecule has 5 atom stereocenters. The number of ether oxygens (including phenoxy) is 1. The minimum Gasteiger partial charge on any atom is -0.444 e. The van der Waals surface area contributed by atoms with Crippen LogP contribution in [0.2, 0.25) is 0 Å². The number of aliphatic hydroxyl groups is 2. The van der Waals surface area contributed by atoms with Crippen molar-refractivity contribution in [2.24, 2.45) is 5.92 Å². The van der Waals surface area contributed by atoms with Gasteiger partial charge in [-0.1, -0.05) is 69.4 Å². The van der Waals surface area contributed by atoms with Crippen molar-refractivity contribution in [3.8, 4) is 0 Å². The Bertz CT molecular complexity index is 1430. The first-order chi connectivity index (χ1) is 23.6. The van der Waals surface area contributed by atoms with E-state index in [1.807, 2.05) is 30.3 Å². The second kappa shape index (κ2) is 19.8. The van der Waals surface area contributed by atoms with E-state index in [-0.39, 0.29) is 37.5 Å². The van der Waals surface area contributed by atoms with Crippen LogP contribution >= 0.6 is 0 Å². The summed E-state index contributed by atoms with van der Waals surface area (Å²) in [6, 6.07) is 6.13. The van der Waals surface area contributed by atoms with Crippen molar-refractivity contribution >= 4 is 27.9 Å². The summed E-state index contributed by atoms with van der Waals surface area (Å²) < 4.78 is 32.0. The number of imidazole rings is 1. The fourth-order valence-corrected chi connectivity index (χ4v) is 7.20. The molecular formula is C35H56N6O8S. The summed E-state index contributed by atoms with van der Waals surface area (Å²) in [7, 11) is -3.56. The molecule has 0 saturated heterocycles. The van der Waals surface area contributed by atoms with Crippen molar-refractivity contribution in [1.82, 2.24) is 30.6 Å². The molecule has 14 nitrogen and oxygen atoms in total. The second-order valence-corrected chi connectivity index (χ2v) is 16.1. The van der Waals surface area contributed by atoms with Gasteiger partial charge in [0.2, 0.25) is 21.8 Å². The zero-order valence-corrected chi connectivity index (χ0v) is 30.5. The van der Waals surface area contributed by atoms with Gasteiger partial charge in [0, 0.05) is 37.7 Å². The highest BCUT2D eigenvalue weighted by Gasteiger charge is 2.33. The van der Waals surface area contributed by atoms with Crippen LogP contribution in [0.3, 0.4) is 0 Å². The molecule has 3 rings (SSSR count). The van der Waals surface area contributed by atoms with E-state index in [4.69, 9.17) is 4.74 Å². The summed E-state index contributed by atoms with van der Waals surface area (Å²) in [5, 5.41) is 30.4. The molecule has 0 bridgehead atoms. The molecule has 1 saturated carbocycles. The first-order valence-electron chi connectivity index (χ1n) is 17.6. The first kappa shape index (κ1) is 40.9. The normalized spacial score (nSPS) is 17.2. The van der Waals surface area contributed by atoms with Crippen LogP contribution in [0.25, 0.3) is 0 Å². The minimum absolute atomic E-state index is 0.0378. The van der Waals surface area contributed by atoms with Crippen molar-refractivity contribution in [3.05, 3.63) is 54.1 Å². The molecule has 15 heteroatoms. The highest BCUT2D eigenvalue weighted by Crippen LogP contribution is 2.28. The second-order valence-electron chi connectivity index (χ2n) is 14.2. The number of rotatable bonds is 19. The van der Waals surface area contributed by atoms with Gasteiger partial charge >= 0.3 is 6.09 Å². The summed E-state index contributed by atoms with van der Waals surface area (Å²) in [6.45, 7) is 6.61. The van der Waals surface area contributed by atoms with Crippen LogP contribution < -0.4 is 20.7 Å². The van der Waals surface area contributed by atoms with E-state index in [0.29, 0.717) is 18.5 Å². The molecule has 3 amide bonds. The lowest BCUT2D eigenvalue weighted by Crippen LogP contribution is -2.58. The number of alkyl carbamates (subject to hydrolysis) is 1. The quantitative estimate of drug-likeness (QED) is 0.113. The van der Waals surface area contributed by atoms with Gasteiger partial charge in [0.05, 0.1) is 30.3 Å². The Balaban J connectivity index is 1.81. The molecule has 0 unspecified atom stereocenters. The fraction of sp³-hybridized carbons (Fsp3) is 0.657. The summed E-state index contributed by atoms with van der Waals surface area (Å²) in [4.78, 5) is 47.6. The molecule has 1 aromatic carbocycles. The molecule has 1 aromatic heterocycles. The zero-order valence-electron chi connectivity index (χ0n) is 29.7. The van der Waals surface area contributed by atoms with Crippen LogP contribution in [0, 0.1) is 5.92 Å². The topological polar surface area (TPSA) is 212 Å². The Hall–Kier alpha value is -3.53. The number of amides is 3. The van der Waals surface area contributed by atoms with Crippen molar-refractivity contribution in [3.63, 3.8) is 0 Å². The Morgan fingerprint density at radius 3 is 2.26 bits per heavy atom. The molecule has 0 spiro atoms. The number of aromatic nitrogens is 2. The smallest absolute Gasteiger partial charge is 0.408 e. The Labute approximate surface area is 296 Å². The highest BCUT2D eigenvalue weighted by atomic mass is 32.2. The van der Waals surface area contributed by atoms with Crippen LogP contribution in [0.15, 0.2) is 42.9 Å². The third-order valence-corrected chi connectivity index (χ3v) is 10.1. The van der Waals surface area contributed by atoms with Crippen molar-refractivity contribution in [2.45, 2.75) is 128 Å². The van der Waals surface area contributed by atoms with E-state index in [1.54, 1.807) is 27.7 Å². The maximum absolute atomic E-state index is 14.0. The fourth-order valence-electron chi connectivity index (χ4n) is 6.07. The third kappa shape index (κ3) is 15.2. The number of sulfonamides is 1. The molecule has 0 radical (unpaired) electrons. The van der Waals surface area contributed by atoms with Gasteiger partial charge in [0.25, 0.3) is 0 Å². The molecule has 280 valence electrons. The Kier molecular flexibility index (Phi) is 16.2. The number of H-pyrrole nitrogens is 1. The van der Waals surface area contributed by atoms with E-state index < -0.39 is 63.9 Å². The lowest BCUT2D eigenvalue weighted by Gasteiger charge is -2.32. The molecular weight excluding hydrogens is 664 g/mol. The van der Waals surface area contributed by atoms with Gasteiger partial charge < -0.3 is 35.9 Å². The minimum atomic E-state index is -3.56.